The molecular formula is C17H8Cl2F4N2O. The molecule has 0 radical (unpaired) electrons. The van der Waals surface area contributed by atoms with E-state index in [1.54, 1.807) is 6.07 Å². The van der Waals surface area contributed by atoms with Crippen LogP contribution in [0.3, 0.4) is 0 Å². The molecule has 0 aliphatic rings. The topological polar surface area (TPSA) is 52.9 Å². The summed E-state index contributed by atoms with van der Waals surface area (Å²) in [6.07, 6.45) is -3.74. The highest BCUT2D eigenvalue weighted by atomic mass is 35.5. The molecule has 3 nitrogen and oxygen atoms in total. The van der Waals surface area contributed by atoms with Crippen molar-refractivity contribution in [2.24, 2.45) is 0 Å². The van der Waals surface area contributed by atoms with E-state index in [0.717, 1.165) is 24.3 Å². The number of carbonyl (C=O) groups excluding carboxylic acids is 1. The van der Waals surface area contributed by atoms with E-state index < -0.39 is 29.0 Å². The Hall–Kier alpha value is -2.56. The standard InChI is InChI=1S/C17H8Cl2F4N2O/c18-12-2-1-3-14(20)11(12)6-9(8-24)16(26)25-15-7-10(17(21,22)23)4-5-13(15)19/h1-7H,(H,25,26)/b9-6+. The van der Waals surface area contributed by atoms with Crippen molar-refractivity contribution in [1.82, 2.24) is 0 Å². The fourth-order valence-electron chi connectivity index (χ4n) is 1.93. The van der Waals surface area contributed by atoms with Crippen LogP contribution < -0.4 is 5.32 Å². The van der Waals surface area contributed by atoms with E-state index in [4.69, 9.17) is 28.5 Å². The highest BCUT2D eigenvalue weighted by Crippen LogP contribution is 2.34. The van der Waals surface area contributed by atoms with Crippen LogP contribution in [0.15, 0.2) is 42.0 Å². The van der Waals surface area contributed by atoms with Gasteiger partial charge in [-0.15, -0.1) is 0 Å². The molecule has 0 fully saturated rings. The second kappa shape index (κ2) is 7.77. The van der Waals surface area contributed by atoms with E-state index in [-0.39, 0.29) is 21.3 Å². The summed E-state index contributed by atoms with van der Waals surface area (Å²) in [6.45, 7) is 0. The molecule has 0 bridgehead atoms. The number of nitriles is 1. The lowest BCUT2D eigenvalue weighted by Gasteiger charge is -2.11. The van der Waals surface area contributed by atoms with Crippen molar-refractivity contribution < 1.29 is 22.4 Å². The van der Waals surface area contributed by atoms with Crippen molar-refractivity contribution in [3.05, 3.63) is 69.0 Å². The van der Waals surface area contributed by atoms with Crippen LogP contribution >= 0.6 is 23.2 Å². The first kappa shape index (κ1) is 19.8. The number of anilines is 1. The largest absolute Gasteiger partial charge is 0.416 e. The average Bonchev–Trinajstić information content (AvgIpc) is 2.55. The number of nitrogens with one attached hydrogen (secondary N) is 1. The third-order valence-electron chi connectivity index (χ3n) is 3.20. The second-order valence-electron chi connectivity index (χ2n) is 4.95. The Morgan fingerprint density at radius 2 is 1.85 bits per heavy atom. The Morgan fingerprint density at radius 1 is 1.15 bits per heavy atom. The van der Waals surface area contributed by atoms with E-state index in [1.165, 1.54) is 12.1 Å². The molecule has 0 aromatic heterocycles. The fraction of sp³-hybridized carbons (Fsp3) is 0.0588. The molecule has 0 saturated carbocycles. The molecule has 1 N–H and O–H groups in total. The first-order chi connectivity index (χ1) is 12.1. The van der Waals surface area contributed by atoms with Crippen molar-refractivity contribution in [3.8, 4) is 6.07 Å². The summed E-state index contributed by atoms with van der Waals surface area (Å²) in [7, 11) is 0. The van der Waals surface area contributed by atoms with Crippen LogP contribution in [-0.4, -0.2) is 5.91 Å². The molecule has 0 unspecified atom stereocenters. The van der Waals surface area contributed by atoms with E-state index in [2.05, 4.69) is 5.32 Å². The fourth-order valence-corrected chi connectivity index (χ4v) is 2.31. The zero-order valence-electron chi connectivity index (χ0n) is 12.7. The predicted octanol–water partition coefficient (Wildman–Crippen LogP) is 5.70. The van der Waals surface area contributed by atoms with Crippen molar-refractivity contribution in [3.63, 3.8) is 0 Å². The molecule has 2 rings (SSSR count). The van der Waals surface area contributed by atoms with Crippen LogP contribution in [0.25, 0.3) is 6.08 Å². The van der Waals surface area contributed by atoms with E-state index in [9.17, 15) is 22.4 Å². The van der Waals surface area contributed by atoms with Crippen LogP contribution in [0.2, 0.25) is 10.0 Å². The van der Waals surface area contributed by atoms with Gasteiger partial charge in [-0.3, -0.25) is 4.79 Å². The van der Waals surface area contributed by atoms with Gasteiger partial charge in [-0.25, -0.2) is 4.39 Å². The van der Waals surface area contributed by atoms with Gasteiger partial charge < -0.3 is 5.32 Å². The molecule has 134 valence electrons. The molecule has 0 aliphatic heterocycles. The van der Waals surface area contributed by atoms with Gasteiger partial charge in [0.05, 0.1) is 21.3 Å². The number of rotatable bonds is 3. The number of hydrogen-bond acceptors (Lipinski definition) is 2. The number of halogens is 6. The summed E-state index contributed by atoms with van der Waals surface area (Å²) in [5.74, 6) is -1.83. The Balaban J connectivity index is 2.37. The van der Waals surface area contributed by atoms with Crippen molar-refractivity contribution in [2.75, 3.05) is 5.32 Å². The molecule has 0 spiro atoms. The molecule has 0 aliphatic carbocycles. The zero-order valence-corrected chi connectivity index (χ0v) is 14.2. The van der Waals surface area contributed by atoms with Gasteiger partial charge in [0.15, 0.2) is 0 Å². The van der Waals surface area contributed by atoms with E-state index in [0.29, 0.717) is 6.07 Å². The molecule has 26 heavy (non-hydrogen) atoms. The van der Waals surface area contributed by atoms with Crippen LogP contribution in [-0.2, 0) is 11.0 Å². The number of amides is 1. The van der Waals surface area contributed by atoms with Gasteiger partial charge in [0.1, 0.15) is 17.5 Å². The smallest absolute Gasteiger partial charge is 0.320 e. The van der Waals surface area contributed by atoms with Crippen LogP contribution in [0.1, 0.15) is 11.1 Å². The highest BCUT2D eigenvalue weighted by Gasteiger charge is 2.31. The van der Waals surface area contributed by atoms with Gasteiger partial charge in [-0.2, -0.15) is 18.4 Å². The first-order valence-corrected chi connectivity index (χ1v) is 7.63. The summed E-state index contributed by atoms with van der Waals surface area (Å²) >= 11 is 11.6. The minimum absolute atomic E-state index is 0.0392. The molecule has 2 aromatic rings. The van der Waals surface area contributed by atoms with Crippen molar-refractivity contribution in [1.29, 1.82) is 5.26 Å². The number of hydrogen-bond donors (Lipinski definition) is 1. The number of carbonyl (C=O) groups is 1. The summed E-state index contributed by atoms with van der Waals surface area (Å²) < 4.78 is 52.1. The first-order valence-electron chi connectivity index (χ1n) is 6.87. The lowest BCUT2D eigenvalue weighted by molar-refractivity contribution is -0.137. The average molecular weight is 403 g/mol. The lowest BCUT2D eigenvalue weighted by Crippen LogP contribution is -2.15. The molecule has 9 heteroatoms. The zero-order chi connectivity index (χ0) is 19.5. The Morgan fingerprint density at radius 3 is 2.42 bits per heavy atom. The molecule has 2 aromatic carbocycles. The van der Waals surface area contributed by atoms with Gasteiger partial charge >= 0.3 is 6.18 Å². The predicted molar refractivity (Wildman–Crippen MR) is 90.1 cm³/mol. The van der Waals surface area contributed by atoms with E-state index >= 15 is 0 Å². The maximum Gasteiger partial charge on any atom is 0.416 e. The molecule has 0 heterocycles. The maximum absolute atomic E-state index is 13.8. The van der Waals surface area contributed by atoms with Crippen LogP contribution in [0.5, 0.6) is 0 Å². The summed E-state index contributed by atoms with van der Waals surface area (Å²) in [6, 6.07) is 7.66. The summed E-state index contributed by atoms with van der Waals surface area (Å²) in [5.41, 5.74) is -2.13. The number of benzene rings is 2. The second-order valence-corrected chi connectivity index (χ2v) is 5.77. The van der Waals surface area contributed by atoms with Crippen LogP contribution in [0.4, 0.5) is 23.2 Å². The summed E-state index contributed by atoms with van der Waals surface area (Å²) in [4.78, 5) is 12.2. The Bertz CT molecular complexity index is 913. The van der Waals surface area contributed by atoms with Gasteiger partial charge in [0, 0.05) is 5.56 Å². The van der Waals surface area contributed by atoms with Gasteiger partial charge in [-0.05, 0) is 36.4 Å². The van der Waals surface area contributed by atoms with Crippen molar-refractivity contribution in [2.45, 2.75) is 6.18 Å². The molecule has 0 atom stereocenters. The third kappa shape index (κ3) is 4.54. The quantitative estimate of drug-likeness (QED) is 0.406. The SMILES string of the molecule is N#C/C(=C\c1c(F)cccc1Cl)C(=O)Nc1cc(C(F)(F)F)ccc1Cl. The van der Waals surface area contributed by atoms with Gasteiger partial charge in [-0.1, -0.05) is 29.3 Å². The normalized spacial score (nSPS) is 11.8. The van der Waals surface area contributed by atoms with E-state index in [1.807, 2.05) is 0 Å². The minimum Gasteiger partial charge on any atom is -0.320 e. The molecular weight excluding hydrogens is 395 g/mol. The van der Waals surface area contributed by atoms with Crippen LogP contribution in [0, 0.1) is 17.1 Å². The maximum atomic E-state index is 13.8. The monoisotopic (exact) mass is 402 g/mol. The third-order valence-corrected chi connectivity index (χ3v) is 3.85. The highest BCUT2D eigenvalue weighted by molar-refractivity contribution is 6.34. The van der Waals surface area contributed by atoms with Gasteiger partial charge in [0.2, 0.25) is 0 Å². The van der Waals surface area contributed by atoms with Gasteiger partial charge in [0.25, 0.3) is 5.91 Å². The summed E-state index contributed by atoms with van der Waals surface area (Å²) in [5, 5.41) is 11.0. The molecule has 1 amide bonds. The van der Waals surface area contributed by atoms with Crippen molar-refractivity contribution >= 4 is 40.9 Å². The Kier molecular flexibility index (Phi) is 5.90. The Labute approximate surface area is 155 Å². The molecule has 0 saturated heterocycles. The minimum atomic E-state index is -4.64. The number of alkyl halides is 3. The number of nitrogens with zero attached hydrogens (tertiary/aromatic N) is 1. The lowest BCUT2D eigenvalue weighted by atomic mass is 10.1.